The molecule has 1 aromatic heterocycles. The van der Waals surface area contributed by atoms with E-state index in [0.717, 1.165) is 16.8 Å². The summed E-state index contributed by atoms with van der Waals surface area (Å²) in [5.41, 5.74) is 3.15. The smallest absolute Gasteiger partial charge is 0.204 e. The molecular formula is C26H22ClN3O4. The number of carbonyl (C=O) groups excluding carboxylic acids is 1. The van der Waals surface area contributed by atoms with Crippen molar-refractivity contribution in [1.82, 2.24) is 9.97 Å². The van der Waals surface area contributed by atoms with E-state index in [0.29, 0.717) is 58.6 Å². The first-order valence-electron chi connectivity index (χ1n) is 10.8. The topological polar surface area (TPSA) is 82.6 Å². The first-order chi connectivity index (χ1) is 16.6. The van der Waals surface area contributed by atoms with Crippen molar-refractivity contribution in [2.45, 2.75) is 12.8 Å². The first kappa shape index (κ1) is 22.0. The van der Waals surface area contributed by atoms with Crippen LogP contribution in [-0.4, -0.2) is 36.1 Å². The number of rotatable bonds is 7. The molecule has 5 rings (SSSR count). The average Bonchev–Trinajstić information content (AvgIpc) is 2.86. The Morgan fingerprint density at radius 1 is 1.03 bits per heavy atom. The second-order valence-corrected chi connectivity index (χ2v) is 8.27. The van der Waals surface area contributed by atoms with Gasteiger partial charge in [0.1, 0.15) is 31.1 Å². The molecule has 1 aliphatic heterocycles. The fraction of sp³-hybridized carbons (Fsp3) is 0.192. The standard InChI is InChI=1S/C26H22ClN3O4/c1-32-22-14-21-23(25-24(22)33-9-10-34-25)26(29-15-28-21)30-18-8-7-17(20(27)13-18)12-19(31)11-16-5-3-2-4-6-16/h2-8,13-15H,9-12H2,1H3,(H,28,29,30). The van der Waals surface area contributed by atoms with Crippen LogP contribution in [0.25, 0.3) is 10.9 Å². The molecule has 0 saturated carbocycles. The maximum absolute atomic E-state index is 12.5. The Morgan fingerprint density at radius 3 is 2.59 bits per heavy atom. The van der Waals surface area contributed by atoms with E-state index in [4.69, 9.17) is 25.8 Å². The van der Waals surface area contributed by atoms with E-state index >= 15 is 0 Å². The van der Waals surface area contributed by atoms with Crippen molar-refractivity contribution in [2.75, 3.05) is 25.6 Å². The van der Waals surface area contributed by atoms with Crippen molar-refractivity contribution >= 4 is 39.8 Å². The monoisotopic (exact) mass is 475 g/mol. The molecule has 0 aliphatic carbocycles. The summed E-state index contributed by atoms with van der Waals surface area (Å²) in [6.07, 6.45) is 2.11. The van der Waals surface area contributed by atoms with Gasteiger partial charge in [-0.15, -0.1) is 0 Å². The molecule has 4 aromatic rings. The molecule has 7 nitrogen and oxygen atoms in total. The largest absolute Gasteiger partial charge is 0.493 e. The van der Waals surface area contributed by atoms with Crippen LogP contribution >= 0.6 is 11.6 Å². The van der Waals surface area contributed by atoms with E-state index in [1.807, 2.05) is 42.5 Å². The van der Waals surface area contributed by atoms with Gasteiger partial charge in [-0.1, -0.05) is 48.0 Å². The molecule has 8 heteroatoms. The number of methoxy groups -OCH3 is 1. The molecule has 0 unspecified atom stereocenters. The minimum atomic E-state index is 0.105. The average molecular weight is 476 g/mol. The highest BCUT2D eigenvalue weighted by Crippen LogP contribution is 2.46. The van der Waals surface area contributed by atoms with Gasteiger partial charge < -0.3 is 19.5 Å². The van der Waals surface area contributed by atoms with Crippen molar-refractivity contribution in [2.24, 2.45) is 0 Å². The number of ether oxygens (including phenoxy) is 3. The van der Waals surface area contributed by atoms with Gasteiger partial charge in [0.15, 0.2) is 11.5 Å². The molecular weight excluding hydrogens is 454 g/mol. The summed E-state index contributed by atoms with van der Waals surface area (Å²) in [7, 11) is 1.58. The van der Waals surface area contributed by atoms with Crippen molar-refractivity contribution in [3.05, 3.63) is 77.1 Å². The van der Waals surface area contributed by atoms with Crippen molar-refractivity contribution < 1.29 is 19.0 Å². The zero-order valence-corrected chi connectivity index (χ0v) is 19.3. The summed E-state index contributed by atoms with van der Waals surface area (Å²) in [6, 6.07) is 17.0. The molecule has 0 amide bonds. The Bertz CT molecular complexity index is 1360. The van der Waals surface area contributed by atoms with Crippen LogP contribution in [0.15, 0.2) is 60.9 Å². The summed E-state index contributed by atoms with van der Waals surface area (Å²) in [4.78, 5) is 21.3. The highest BCUT2D eigenvalue weighted by atomic mass is 35.5. The van der Waals surface area contributed by atoms with Gasteiger partial charge in [-0.3, -0.25) is 4.79 Å². The van der Waals surface area contributed by atoms with Crippen LogP contribution in [0.1, 0.15) is 11.1 Å². The van der Waals surface area contributed by atoms with Gasteiger partial charge >= 0.3 is 0 Å². The Kier molecular flexibility index (Phi) is 6.18. The lowest BCUT2D eigenvalue weighted by Crippen LogP contribution is -2.16. The molecule has 172 valence electrons. The number of nitrogens with one attached hydrogen (secondary N) is 1. The number of nitrogens with zero attached hydrogens (tertiary/aromatic N) is 2. The summed E-state index contributed by atoms with van der Waals surface area (Å²) < 4.78 is 17.1. The molecule has 34 heavy (non-hydrogen) atoms. The lowest BCUT2D eigenvalue weighted by molar-refractivity contribution is -0.117. The van der Waals surface area contributed by atoms with Crippen molar-refractivity contribution in [3.8, 4) is 17.2 Å². The van der Waals surface area contributed by atoms with E-state index < -0.39 is 0 Å². The zero-order chi connectivity index (χ0) is 23.5. The quantitative estimate of drug-likeness (QED) is 0.395. The van der Waals surface area contributed by atoms with Gasteiger partial charge in [0.25, 0.3) is 0 Å². The number of aromatic nitrogens is 2. The highest BCUT2D eigenvalue weighted by Gasteiger charge is 2.24. The summed E-state index contributed by atoms with van der Waals surface area (Å²) in [6.45, 7) is 0.854. The summed E-state index contributed by atoms with van der Waals surface area (Å²) in [5.74, 6) is 2.29. The molecule has 0 atom stereocenters. The van der Waals surface area contributed by atoms with Crippen LogP contribution in [0.3, 0.4) is 0 Å². The molecule has 3 aromatic carbocycles. The lowest BCUT2D eigenvalue weighted by atomic mass is 10.0. The molecule has 0 spiro atoms. The third kappa shape index (κ3) is 4.47. The third-order valence-corrected chi connectivity index (χ3v) is 5.90. The number of Topliss-reactive ketones (excluding diaryl/α,β-unsaturated/α-hetero) is 1. The first-order valence-corrected chi connectivity index (χ1v) is 11.2. The summed E-state index contributed by atoms with van der Waals surface area (Å²) >= 11 is 6.53. The number of hydrogen-bond donors (Lipinski definition) is 1. The van der Waals surface area contributed by atoms with Gasteiger partial charge in [-0.2, -0.15) is 0 Å². The van der Waals surface area contributed by atoms with Gasteiger partial charge in [-0.25, -0.2) is 9.97 Å². The van der Waals surface area contributed by atoms with E-state index in [1.54, 1.807) is 19.2 Å². The summed E-state index contributed by atoms with van der Waals surface area (Å²) in [5, 5.41) is 4.50. The predicted octanol–water partition coefficient (Wildman–Crippen LogP) is 5.16. The number of halogens is 1. The Hall–Kier alpha value is -3.84. The van der Waals surface area contributed by atoms with Crippen LogP contribution in [-0.2, 0) is 17.6 Å². The highest BCUT2D eigenvalue weighted by molar-refractivity contribution is 6.31. The maximum atomic E-state index is 12.5. The second kappa shape index (κ2) is 9.57. The minimum Gasteiger partial charge on any atom is -0.493 e. The fourth-order valence-electron chi connectivity index (χ4n) is 3.96. The lowest BCUT2D eigenvalue weighted by Gasteiger charge is -2.23. The van der Waals surface area contributed by atoms with Gasteiger partial charge in [-0.05, 0) is 23.3 Å². The Labute approximate surface area is 201 Å². The van der Waals surface area contributed by atoms with E-state index in [9.17, 15) is 4.79 Å². The fourth-order valence-corrected chi connectivity index (χ4v) is 4.21. The molecule has 0 bridgehead atoms. The zero-order valence-electron chi connectivity index (χ0n) is 18.5. The van der Waals surface area contributed by atoms with Crippen LogP contribution < -0.4 is 19.5 Å². The van der Waals surface area contributed by atoms with Crippen molar-refractivity contribution in [1.29, 1.82) is 0 Å². The van der Waals surface area contributed by atoms with Crippen LogP contribution in [0, 0.1) is 0 Å². The van der Waals surface area contributed by atoms with E-state index in [1.165, 1.54) is 6.33 Å². The molecule has 2 heterocycles. The molecule has 1 N–H and O–H groups in total. The van der Waals surface area contributed by atoms with Gasteiger partial charge in [0, 0.05) is 29.6 Å². The molecule has 0 saturated heterocycles. The Balaban J connectivity index is 1.40. The van der Waals surface area contributed by atoms with E-state index in [-0.39, 0.29) is 12.2 Å². The SMILES string of the molecule is COc1cc2ncnc(Nc3ccc(CC(=O)Cc4ccccc4)c(Cl)c3)c2c2c1OCCO2. The predicted molar refractivity (Wildman–Crippen MR) is 131 cm³/mol. The normalized spacial score (nSPS) is 12.4. The van der Waals surface area contributed by atoms with E-state index in [2.05, 4.69) is 15.3 Å². The number of hydrogen-bond acceptors (Lipinski definition) is 7. The molecule has 1 aliphatic rings. The number of carbonyl (C=O) groups is 1. The van der Waals surface area contributed by atoms with Crippen LogP contribution in [0.5, 0.6) is 17.2 Å². The van der Waals surface area contributed by atoms with Crippen LogP contribution in [0.4, 0.5) is 11.5 Å². The Morgan fingerprint density at radius 2 is 1.82 bits per heavy atom. The molecule has 0 radical (unpaired) electrons. The third-order valence-electron chi connectivity index (χ3n) is 5.55. The molecule has 0 fully saturated rings. The number of fused-ring (bicyclic) bond motifs is 3. The second-order valence-electron chi connectivity index (χ2n) is 7.86. The number of anilines is 2. The minimum absolute atomic E-state index is 0.105. The van der Waals surface area contributed by atoms with Gasteiger partial charge in [0.2, 0.25) is 5.75 Å². The maximum Gasteiger partial charge on any atom is 0.204 e. The van der Waals surface area contributed by atoms with Gasteiger partial charge in [0.05, 0.1) is 18.0 Å². The number of ketones is 1. The number of benzene rings is 3. The van der Waals surface area contributed by atoms with Crippen molar-refractivity contribution in [3.63, 3.8) is 0 Å². The van der Waals surface area contributed by atoms with Crippen LogP contribution in [0.2, 0.25) is 5.02 Å².